The van der Waals surface area contributed by atoms with Crippen molar-refractivity contribution in [2.24, 2.45) is 5.92 Å². The molecule has 17 heavy (non-hydrogen) atoms. The normalized spacial score (nSPS) is 11.9. The lowest BCUT2D eigenvalue weighted by atomic mass is 10.2. The van der Waals surface area contributed by atoms with Crippen LogP contribution in [0.15, 0.2) is 22.7 Å². The van der Waals surface area contributed by atoms with E-state index in [4.69, 9.17) is 5.11 Å². The first kappa shape index (κ1) is 13.4. The van der Waals surface area contributed by atoms with Gasteiger partial charge in [0, 0.05) is 23.2 Å². The number of aliphatic carboxylic acids is 1. The van der Waals surface area contributed by atoms with Gasteiger partial charge in [-0.15, -0.1) is 0 Å². The molecule has 1 unspecified atom stereocenters. The van der Waals surface area contributed by atoms with E-state index in [-0.39, 0.29) is 12.2 Å². The van der Waals surface area contributed by atoms with Crippen LogP contribution < -0.4 is 5.32 Å². The number of anilines is 1. The molecule has 0 saturated heterocycles. The Balaban J connectivity index is 2.79. The van der Waals surface area contributed by atoms with Crippen molar-refractivity contribution < 1.29 is 14.8 Å². The monoisotopic (exact) mass is 302 g/mol. The summed E-state index contributed by atoms with van der Waals surface area (Å²) in [4.78, 5) is 20.7. The predicted molar refractivity (Wildman–Crippen MR) is 66.1 cm³/mol. The number of nitro benzene ring substituents is 1. The second-order valence-corrected chi connectivity index (χ2v) is 4.40. The van der Waals surface area contributed by atoms with Gasteiger partial charge in [-0.1, -0.05) is 6.92 Å². The summed E-state index contributed by atoms with van der Waals surface area (Å²) in [5, 5.41) is 22.1. The predicted octanol–water partition coefficient (Wildman–Crippen LogP) is 2.49. The van der Waals surface area contributed by atoms with E-state index < -0.39 is 16.8 Å². The standard InChI is InChI=1S/C10H11BrN2O4/c1-6(10(14)15)5-12-9-4-7(13(16)17)2-3-8(9)11/h2-4,6,12H,5H2,1H3,(H,14,15). The van der Waals surface area contributed by atoms with E-state index in [0.717, 1.165) is 0 Å². The van der Waals surface area contributed by atoms with Crippen molar-refractivity contribution in [1.29, 1.82) is 0 Å². The number of benzene rings is 1. The zero-order valence-electron chi connectivity index (χ0n) is 9.01. The van der Waals surface area contributed by atoms with E-state index >= 15 is 0 Å². The van der Waals surface area contributed by atoms with Gasteiger partial charge >= 0.3 is 5.97 Å². The minimum Gasteiger partial charge on any atom is -0.481 e. The third-order valence-electron chi connectivity index (χ3n) is 2.18. The molecule has 0 aromatic heterocycles. The second-order valence-electron chi connectivity index (χ2n) is 3.54. The molecule has 7 heteroatoms. The first-order chi connectivity index (χ1) is 7.91. The van der Waals surface area contributed by atoms with Gasteiger partial charge in [0.05, 0.1) is 16.5 Å². The highest BCUT2D eigenvalue weighted by Crippen LogP contribution is 2.27. The van der Waals surface area contributed by atoms with E-state index in [1.54, 1.807) is 13.0 Å². The molecule has 1 aromatic carbocycles. The molecule has 0 fully saturated rings. The van der Waals surface area contributed by atoms with Crippen LogP contribution in [0, 0.1) is 16.0 Å². The molecule has 0 heterocycles. The molecule has 0 spiro atoms. The maximum absolute atomic E-state index is 10.6. The van der Waals surface area contributed by atoms with Crippen molar-refractivity contribution in [3.05, 3.63) is 32.8 Å². The second kappa shape index (κ2) is 5.62. The van der Waals surface area contributed by atoms with Crippen LogP contribution in [0.1, 0.15) is 6.92 Å². The number of hydrogen-bond donors (Lipinski definition) is 2. The van der Waals surface area contributed by atoms with Crippen molar-refractivity contribution in [3.8, 4) is 0 Å². The summed E-state index contributed by atoms with van der Waals surface area (Å²) in [7, 11) is 0. The average Bonchev–Trinajstić information content (AvgIpc) is 2.26. The summed E-state index contributed by atoms with van der Waals surface area (Å²) in [5.41, 5.74) is 0.464. The highest BCUT2D eigenvalue weighted by Gasteiger charge is 2.13. The summed E-state index contributed by atoms with van der Waals surface area (Å²) in [5.74, 6) is -1.49. The molecular formula is C10H11BrN2O4. The largest absolute Gasteiger partial charge is 0.481 e. The van der Waals surface area contributed by atoms with Crippen molar-refractivity contribution in [1.82, 2.24) is 0 Å². The summed E-state index contributed by atoms with van der Waals surface area (Å²) < 4.78 is 0.653. The maximum atomic E-state index is 10.6. The molecule has 0 aliphatic heterocycles. The number of nitrogens with zero attached hydrogens (tertiary/aromatic N) is 1. The molecule has 2 N–H and O–H groups in total. The van der Waals surface area contributed by atoms with Crippen LogP contribution in [0.4, 0.5) is 11.4 Å². The van der Waals surface area contributed by atoms with Crippen LogP contribution in [0.3, 0.4) is 0 Å². The summed E-state index contributed by atoms with van der Waals surface area (Å²) >= 11 is 3.23. The van der Waals surface area contributed by atoms with E-state index in [1.807, 2.05) is 0 Å². The number of non-ortho nitro benzene ring substituents is 1. The average molecular weight is 303 g/mol. The zero-order valence-corrected chi connectivity index (χ0v) is 10.6. The van der Waals surface area contributed by atoms with Gasteiger partial charge in [-0.25, -0.2) is 0 Å². The van der Waals surface area contributed by atoms with Crippen LogP contribution in [0.25, 0.3) is 0 Å². The van der Waals surface area contributed by atoms with Gasteiger partial charge in [0.15, 0.2) is 0 Å². The van der Waals surface area contributed by atoms with Crippen molar-refractivity contribution >= 4 is 33.3 Å². The highest BCUT2D eigenvalue weighted by molar-refractivity contribution is 9.10. The highest BCUT2D eigenvalue weighted by atomic mass is 79.9. The van der Waals surface area contributed by atoms with Gasteiger partial charge in [0.2, 0.25) is 0 Å². The van der Waals surface area contributed by atoms with Crippen molar-refractivity contribution in [3.63, 3.8) is 0 Å². The molecule has 1 aromatic rings. The molecule has 6 nitrogen and oxygen atoms in total. The number of nitrogens with one attached hydrogen (secondary N) is 1. The Hall–Kier alpha value is -1.63. The molecule has 0 aliphatic rings. The molecule has 92 valence electrons. The Bertz CT molecular complexity index is 450. The third kappa shape index (κ3) is 3.70. The molecule has 0 amide bonds. The molecule has 1 atom stereocenters. The van der Waals surface area contributed by atoms with E-state index in [2.05, 4.69) is 21.2 Å². The van der Waals surface area contributed by atoms with E-state index in [1.165, 1.54) is 12.1 Å². The van der Waals surface area contributed by atoms with E-state index in [9.17, 15) is 14.9 Å². The quantitative estimate of drug-likeness (QED) is 0.644. The van der Waals surface area contributed by atoms with Gasteiger partial charge in [-0.2, -0.15) is 0 Å². The minimum absolute atomic E-state index is 0.0429. The van der Waals surface area contributed by atoms with Crippen LogP contribution in [-0.4, -0.2) is 22.5 Å². The summed E-state index contributed by atoms with van der Waals surface area (Å²) in [6, 6.07) is 4.28. The SMILES string of the molecule is CC(CNc1cc([N+](=O)[O-])ccc1Br)C(=O)O. The maximum Gasteiger partial charge on any atom is 0.308 e. The van der Waals surface area contributed by atoms with E-state index in [0.29, 0.717) is 10.2 Å². The fourth-order valence-electron chi connectivity index (χ4n) is 1.11. The minimum atomic E-state index is -0.918. The molecule has 0 radical (unpaired) electrons. The lowest BCUT2D eigenvalue weighted by molar-refractivity contribution is -0.384. The number of rotatable bonds is 5. The smallest absolute Gasteiger partial charge is 0.308 e. The number of halogens is 1. The number of carboxylic acids is 1. The van der Waals surface area contributed by atoms with Gasteiger partial charge in [-0.3, -0.25) is 14.9 Å². The first-order valence-electron chi connectivity index (χ1n) is 4.82. The van der Waals surface area contributed by atoms with Crippen molar-refractivity contribution in [2.45, 2.75) is 6.92 Å². The zero-order chi connectivity index (χ0) is 13.0. The lowest BCUT2D eigenvalue weighted by Crippen LogP contribution is -2.19. The number of hydrogen-bond acceptors (Lipinski definition) is 4. The Kier molecular flexibility index (Phi) is 4.45. The molecule has 0 aliphatic carbocycles. The molecule has 0 saturated carbocycles. The number of nitro groups is 1. The van der Waals surface area contributed by atoms with Gasteiger partial charge in [0.1, 0.15) is 0 Å². The Morgan fingerprint density at radius 3 is 2.82 bits per heavy atom. The Morgan fingerprint density at radius 2 is 2.29 bits per heavy atom. The fourth-order valence-corrected chi connectivity index (χ4v) is 1.50. The molecule has 1 rings (SSSR count). The number of carbonyl (C=O) groups is 1. The van der Waals surface area contributed by atoms with Gasteiger partial charge < -0.3 is 10.4 Å². The Morgan fingerprint density at radius 1 is 1.65 bits per heavy atom. The first-order valence-corrected chi connectivity index (χ1v) is 5.61. The van der Waals surface area contributed by atoms with Gasteiger partial charge in [0.25, 0.3) is 5.69 Å². The van der Waals surface area contributed by atoms with Crippen molar-refractivity contribution in [2.75, 3.05) is 11.9 Å². The lowest BCUT2D eigenvalue weighted by Gasteiger charge is -2.10. The van der Waals surface area contributed by atoms with Crippen LogP contribution in [0.2, 0.25) is 0 Å². The third-order valence-corrected chi connectivity index (χ3v) is 2.87. The Labute approximate surface area is 106 Å². The fraction of sp³-hybridized carbons (Fsp3) is 0.300. The molecule has 0 bridgehead atoms. The van der Waals surface area contributed by atoms with Crippen LogP contribution in [-0.2, 0) is 4.79 Å². The van der Waals surface area contributed by atoms with Crippen LogP contribution in [0.5, 0.6) is 0 Å². The molecular weight excluding hydrogens is 292 g/mol. The summed E-state index contributed by atoms with van der Waals surface area (Å²) in [6.45, 7) is 1.76. The topological polar surface area (TPSA) is 92.5 Å². The number of carboxylic acid groups (broad SMARTS) is 1. The summed E-state index contributed by atoms with van der Waals surface area (Å²) in [6.07, 6.45) is 0. The van der Waals surface area contributed by atoms with Crippen LogP contribution >= 0.6 is 15.9 Å². The van der Waals surface area contributed by atoms with Gasteiger partial charge in [-0.05, 0) is 22.0 Å².